The summed E-state index contributed by atoms with van der Waals surface area (Å²) < 4.78 is 40.0. The molecule has 0 saturated heterocycles. The quantitative estimate of drug-likeness (QED) is 0.828. The molecule has 1 aliphatic carbocycles. The van der Waals surface area contributed by atoms with Crippen LogP contribution in [0.25, 0.3) is 0 Å². The molecule has 1 aromatic carbocycles. The number of rotatable bonds is 1. The number of fused-ring (bicyclic) bond motifs is 1. The summed E-state index contributed by atoms with van der Waals surface area (Å²) in [5.74, 6) is 0. The van der Waals surface area contributed by atoms with Gasteiger partial charge in [0, 0.05) is 12.6 Å². The van der Waals surface area contributed by atoms with Gasteiger partial charge in [-0.2, -0.15) is 13.2 Å². The second-order valence-corrected chi connectivity index (χ2v) is 6.09. The van der Waals surface area contributed by atoms with E-state index < -0.39 is 11.7 Å². The van der Waals surface area contributed by atoms with Crippen molar-refractivity contribution < 1.29 is 13.2 Å². The van der Waals surface area contributed by atoms with Crippen LogP contribution in [-0.2, 0) is 6.18 Å². The highest BCUT2D eigenvalue weighted by molar-refractivity contribution is 5.78. The molecular formula is C15H19F3N2. The third-order valence-electron chi connectivity index (χ3n) is 4.50. The molecule has 0 bridgehead atoms. The van der Waals surface area contributed by atoms with Gasteiger partial charge < -0.3 is 10.2 Å². The maximum absolute atomic E-state index is 13.3. The number of benzene rings is 1. The SMILES string of the molecule is CC(C)N1c2c(cccc2C(F)(F)F)NCC12CCC2. The number of hydrogen-bond acceptors (Lipinski definition) is 2. The van der Waals surface area contributed by atoms with Gasteiger partial charge in [0.2, 0.25) is 0 Å². The monoisotopic (exact) mass is 284 g/mol. The van der Waals surface area contributed by atoms with Gasteiger partial charge in [-0.1, -0.05) is 6.07 Å². The number of halogens is 3. The first-order valence-corrected chi connectivity index (χ1v) is 7.09. The van der Waals surface area contributed by atoms with E-state index in [0.29, 0.717) is 11.4 Å². The average molecular weight is 284 g/mol. The van der Waals surface area contributed by atoms with Gasteiger partial charge in [0.05, 0.1) is 22.5 Å². The summed E-state index contributed by atoms with van der Waals surface area (Å²) in [6, 6.07) is 4.46. The number of alkyl halides is 3. The van der Waals surface area contributed by atoms with Crippen molar-refractivity contribution >= 4 is 11.4 Å². The van der Waals surface area contributed by atoms with Crippen molar-refractivity contribution in [2.45, 2.75) is 50.9 Å². The van der Waals surface area contributed by atoms with E-state index in [9.17, 15) is 13.2 Å². The first-order chi connectivity index (χ1) is 9.35. The van der Waals surface area contributed by atoms with Gasteiger partial charge in [0.1, 0.15) is 0 Å². The maximum atomic E-state index is 13.3. The van der Waals surface area contributed by atoms with Crippen LogP contribution in [0.5, 0.6) is 0 Å². The van der Waals surface area contributed by atoms with Crippen molar-refractivity contribution in [3.05, 3.63) is 23.8 Å². The van der Waals surface area contributed by atoms with Crippen LogP contribution >= 0.6 is 0 Å². The molecule has 5 heteroatoms. The zero-order valence-electron chi connectivity index (χ0n) is 11.7. The molecule has 1 aromatic rings. The minimum Gasteiger partial charge on any atom is -0.381 e. The van der Waals surface area contributed by atoms with Crippen molar-refractivity contribution in [1.29, 1.82) is 0 Å². The molecule has 3 rings (SSSR count). The van der Waals surface area contributed by atoms with Gasteiger partial charge in [0.15, 0.2) is 0 Å². The van der Waals surface area contributed by atoms with Crippen LogP contribution in [0.15, 0.2) is 18.2 Å². The van der Waals surface area contributed by atoms with Crippen molar-refractivity contribution in [2.75, 3.05) is 16.8 Å². The Morgan fingerprint density at radius 1 is 1.25 bits per heavy atom. The smallest absolute Gasteiger partial charge is 0.381 e. The highest BCUT2D eigenvalue weighted by Gasteiger charge is 2.49. The lowest BCUT2D eigenvalue weighted by Gasteiger charge is -2.57. The van der Waals surface area contributed by atoms with E-state index in [4.69, 9.17) is 0 Å². The number of anilines is 2. The molecule has 0 atom stereocenters. The fourth-order valence-corrected chi connectivity index (χ4v) is 3.57. The standard InChI is InChI=1S/C15H19F3N2/c1-10(2)20-13-11(15(16,17)18)5-3-6-12(13)19-9-14(20)7-4-8-14/h3,5-6,10,19H,4,7-9H2,1-2H3. The Labute approximate surface area is 117 Å². The van der Waals surface area contributed by atoms with Gasteiger partial charge in [-0.3, -0.25) is 0 Å². The number of nitrogens with one attached hydrogen (secondary N) is 1. The molecule has 2 aliphatic rings. The molecule has 1 saturated carbocycles. The minimum absolute atomic E-state index is 0.0552. The van der Waals surface area contributed by atoms with Crippen molar-refractivity contribution in [3.63, 3.8) is 0 Å². The second-order valence-electron chi connectivity index (χ2n) is 6.09. The third kappa shape index (κ3) is 1.86. The van der Waals surface area contributed by atoms with Crippen LogP contribution in [0, 0.1) is 0 Å². The maximum Gasteiger partial charge on any atom is 0.418 e. The molecule has 1 fully saturated rings. The predicted octanol–water partition coefficient (Wildman–Crippen LogP) is 4.27. The first kappa shape index (κ1) is 13.6. The van der Waals surface area contributed by atoms with E-state index in [0.717, 1.165) is 25.8 Å². The normalized spacial score (nSPS) is 20.6. The van der Waals surface area contributed by atoms with E-state index >= 15 is 0 Å². The lowest BCUT2D eigenvalue weighted by atomic mass is 9.72. The van der Waals surface area contributed by atoms with Crippen molar-refractivity contribution in [2.24, 2.45) is 0 Å². The number of nitrogens with zero attached hydrogens (tertiary/aromatic N) is 1. The van der Waals surface area contributed by atoms with Gasteiger partial charge in [-0.05, 0) is 45.2 Å². The number of hydrogen-bond donors (Lipinski definition) is 1. The Kier molecular flexibility index (Phi) is 2.92. The van der Waals surface area contributed by atoms with E-state index in [2.05, 4.69) is 5.32 Å². The molecule has 0 aromatic heterocycles. The average Bonchev–Trinajstić information content (AvgIpc) is 2.33. The van der Waals surface area contributed by atoms with Gasteiger partial charge >= 0.3 is 6.18 Å². The second kappa shape index (κ2) is 4.30. The van der Waals surface area contributed by atoms with Crippen molar-refractivity contribution in [1.82, 2.24) is 0 Å². The molecule has 1 spiro atoms. The van der Waals surface area contributed by atoms with Crippen LogP contribution in [-0.4, -0.2) is 18.1 Å². The summed E-state index contributed by atoms with van der Waals surface area (Å²) in [5.41, 5.74) is 0.275. The molecule has 2 nitrogen and oxygen atoms in total. The summed E-state index contributed by atoms with van der Waals surface area (Å²) in [7, 11) is 0. The van der Waals surface area contributed by atoms with Crippen LogP contribution < -0.4 is 10.2 Å². The lowest BCUT2D eigenvalue weighted by Crippen LogP contribution is -2.63. The molecule has 20 heavy (non-hydrogen) atoms. The zero-order valence-corrected chi connectivity index (χ0v) is 11.7. The predicted molar refractivity (Wildman–Crippen MR) is 74.1 cm³/mol. The molecule has 1 N–H and O–H groups in total. The Morgan fingerprint density at radius 2 is 1.95 bits per heavy atom. The topological polar surface area (TPSA) is 15.3 Å². The third-order valence-corrected chi connectivity index (χ3v) is 4.50. The summed E-state index contributed by atoms with van der Waals surface area (Å²) in [6.07, 6.45) is -1.30. The highest BCUT2D eigenvalue weighted by Crippen LogP contribution is 2.51. The summed E-state index contributed by atoms with van der Waals surface area (Å²) in [5, 5.41) is 3.21. The van der Waals surface area contributed by atoms with E-state index in [1.54, 1.807) is 6.07 Å². The zero-order chi connectivity index (χ0) is 14.5. The Hall–Kier alpha value is -1.39. The van der Waals surface area contributed by atoms with Crippen molar-refractivity contribution in [3.8, 4) is 0 Å². The summed E-state index contributed by atoms with van der Waals surface area (Å²) in [6.45, 7) is 4.68. The van der Waals surface area contributed by atoms with E-state index in [-0.39, 0.29) is 11.6 Å². The van der Waals surface area contributed by atoms with E-state index in [1.807, 2.05) is 18.7 Å². The van der Waals surface area contributed by atoms with Crippen LogP contribution in [0.2, 0.25) is 0 Å². The fourth-order valence-electron chi connectivity index (χ4n) is 3.57. The summed E-state index contributed by atoms with van der Waals surface area (Å²) >= 11 is 0. The lowest BCUT2D eigenvalue weighted by molar-refractivity contribution is -0.137. The summed E-state index contributed by atoms with van der Waals surface area (Å²) in [4.78, 5) is 2.01. The van der Waals surface area contributed by atoms with Gasteiger partial charge in [-0.15, -0.1) is 0 Å². The van der Waals surface area contributed by atoms with Gasteiger partial charge in [-0.25, -0.2) is 0 Å². The Balaban J connectivity index is 2.17. The largest absolute Gasteiger partial charge is 0.418 e. The van der Waals surface area contributed by atoms with Crippen LogP contribution in [0.3, 0.4) is 0 Å². The minimum atomic E-state index is -4.32. The molecule has 0 radical (unpaired) electrons. The first-order valence-electron chi connectivity index (χ1n) is 7.09. The molecule has 1 heterocycles. The van der Waals surface area contributed by atoms with E-state index in [1.165, 1.54) is 12.1 Å². The van der Waals surface area contributed by atoms with Gasteiger partial charge in [0.25, 0.3) is 0 Å². The highest BCUT2D eigenvalue weighted by atomic mass is 19.4. The number of para-hydroxylation sites is 1. The molecule has 1 aliphatic heterocycles. The van der Waals surface area contributed by atoms with Crippen LogP contribution in [0.1, 0.15) is 38.7 Å². The molecule has 0 amide bonds. The Bertz CT molecular complexity index is 518. The Morgan fingerprint density at radius 3 is 2.45 bits per heavy atom. The molecule has 110 valence electrons. The fraction of sp³-hybridized carbons (Fsp3) is 0.600. The molecule has 0 unspecified atom stereocenters. The van der Waals surface area contributed by atoms with Crippen LogP contribution in [0.4, 0.5) is 24.5 Å². The molecular weight excluding hydrogens is 265 g/mol.